The van der Waals surface area contributed by atoms with E-state index in [2.05, 4.69) is 82.7 Å². The molecule has 40 heavy (non-hydrogen) atoms. The quantitative estimate of drug-likeness (QED) is 0.171. The van der Waals surface area contributed by atoms with Gasteiger partial charge >= 0.3 is 0 Å². The Balaban J connectivity index is 1.39. The van der Waals surface area contributed by atoms with Gasteiger partial charge in [-0.1, -0.05) is 79.7 Å². The number of fused-ring (bicyclic) bond motifs is 1. The maximum atomic E-state index is 10.8. The van der Waals surface area contributed by atoms with Gasteiger partial charge in [-0.2, -0.15) is 0 Å². The molecular formula is C34H35N3O3. The molecule has 6 nitrogen and oxygen atoms in total. The van der Waals surface area contributed by atoms with Gasteiger partial charge in [0.1, 0.15) is 0 Å². The van der Waals surface area contributed by atoms with Crippen LogP contribution < -0.4 is 9.47 Å². The summed E-state index contributed by atoms with van der Waals surface area (Å²) in [6.07, 6.45) is 0.651. The summed E-state index contributed by atoms with van der Waals surface area (Å²) < 4.78 is 10.9. The Morgan fingerprint density at radius 1 is 0.750 bits per heavy atom. The van der Waals surface area contributed by atoms with Crippen LogP contribution in [0.25, 0.3) is 10.9 Å². The van der Waals surface area contributed by atoms with Crippen molar-refractivity contribution in [3.05, 3.63) is 119 Å². The molecule has 0 amide bonds. The number of nitrogens with one attached hydrogen (secondary N) is 1. The number of methoxy groups -OCH3 is 2. The molecule has 0 aliphatic rings. The van der Waals surface area contributed by atoms with Crippen LogP contribution in [0.5, 0.6) is 17.4 Å². The molecule has 0 aliphatic carbocycles. The summed E-state index contributed by atoms with van der Waals surface area (Å²) in [6.45, 7) is 4.59. The van der Waals surface area contributed by atoms with Crippen LogP contribution in [-0.4, -0.2) is 34.9 Å². The number of benzene rings is 4. The van der Waals surface area contributed by atoms with Crippen LogP contribution in [0.1, 0.15) is 35.6 Å². The summed E-state index contributed by atoms with van der Waals surface area (Å²) in [5.74, 6) is 1.28. The summed E-state index contributed by atoms with van der Waals surface area (Å²) in [7, 11) is 3.20. The largest absolute Gasteiger partial charge is 0.494 e. The first kappa shape index (κ1) is 27.0. The summed E-state index contributed by atoms with van der Waals surface area (Å²) >= 11 is 0. The molecule has 0 fully saturated rings. The number of ether oxygens (including phenoxy) is 2. The van der Waals surface area contributed by atoms with Crippen LogP contribution in [0, 0.1) is 0 Å². The number of hydrogen-bond acceptors (Lipinski definition) is 5. The van der Waals surface area contributed by atoms with E-state index in [-0.39, 0.29) is 5.88 Å². The number of aromatic nitrogens is 1. The zero-order chi connectivity index (χ0) is 27.9. The molecule has 4 aromatic carbocycles. The van der Waals surface area contributed by atoms with Crippen molar-refractivity contribution in [2.45, 2.75) is 33.0 Å². The van der Waals surface area contributed by atoms with E-state index in [1.165, 1.54) is 16.7 Å². The fourth-order valence-electron chi connectivity index (χ4n) is 5.05. The third-order valence-corrected chi connectivity index (χ3v) is 7.01. The highest BCUT2D eigenvalue weighted by atomic mass is 16.5. The molecule has 0 radical (unpaired) electrons. The van der Waals surface area contributed by atoms with Gasteiger partial charge in [0.2, 0.25) is 0 Å². The molecule has 5 aromatic rings. The number of aliphatic imine (C=N–C) groups is 1. The summed E-state index contributed by atoms with van der Waals surface area (Å²) in [5.41, 5.74) is 6.87. The van der Waals surface area contributed by atoms with E-state index >= 15 is 0 Å². The third-order valence-electron chi connectivity index (χ3n) is 7.01. The van der Waals surface area contributed by atoms with Crippen LogP contribution in [0.15, 0.2) is 102 Å². The van der Waals surface area contributed by atoms with Crippen LogP contribution in [0.2, 0.25) is 0 Å². The monoisotopic (exact) mass is 533 g/mol. The number of nitrogens with zero attached hydrogens (tertiary/aromatic N) is 2. The van der Waals surface area contributed by atoms with Crippen molar-refractivity contribution in [1.82, 2.24) is 9.88 Å². The van der Waals surface area contributed by atoms with Crippen molar-refractivity contribution in [2.75, 3.05) is 14.2 Å². The van der Waals surface area contributed by atoms with Crippen molar-refractivity contribution in [3.8, 4) is 17.4 Å². The predicted octanol–water partition coefficient (Wildman–Crippen LogP) is 7.62. The molecule has 1 heterocycles. The second kappa shape index (κ2) is 12.5. The van der Waals surface area contributed by atoms with Crippen molar-refractivity contribution < 1.29 is 14.6 Å². The summed E-state index contributed by atoms with van der Waals surface area (Å²) in [6, 6.07) is 33.2. The Bertz CT molecular complexity index is 1530. The lowest BCUT2D eigenvalue weighted by Crippen LogP contribution is -2.22. The normalized spacial score (nSPS) is 11.8. The highest BCUT2D eigenvalue weighted by molar-refractivity contribution is 6.14. The molecule has 0 saturated carbocycles. The molecule has 1 aromatic heterocycles. The Labute approximate surface area is 235 Å². The van der Waals surface area contributed by atoms with Crippen LogP contribution in [0.4, 0.5) is 5.69 Å². The first-order valence-corrected chi connectivity index (χ1v) is 13.5. The second-order valence-corrected chi connectivity index (χ2v) is 9.80. The molecule has 5 rings (SSSR count). The van der Waals surface area contributed by atoms with Gasteiger partial charge in [0, 0.05) is 31.1 Å². The highest BCUT2D eigenvalue weighted by Crippen LogP contribution is 2.37. The zero-order valence-electron chi connectivity index (χ0n) is 23.2. The average Bonchev–Trinajstić information content (AvgIpc) is 3.31. The molecule has 0 bridgehead atoms. The first-order chi connectivity index (χ1) is 19.6. The minimum atomic E-state index is 0.0833. The van der Waals surface area contributed by atoms with Gasteiger partial charge < -0.3 is 19.6 Å². The van der Waals surface area contributed by atoms with Crippen LogP contribution in [-0.2, 0) is 19.6 Å². The minimum Gasteiger partial charge on any atom is -0.494 e. The SMILES string of the molecule is CCC(=Nc1ccc(CN(Cc2ccccc2)Cc2ccccc2)cc1)c1c(O)[nH]c2cc(OC)c(OC)cc12. The van der Waals surface area contributed by atoms with Crippen molar-refractivity contribution in [3.63, 3.8) is 0 Å². The van der Waals surface area contributed by atoms with E-state index in [9.17, 15) is 5.11 Å². The third kappa shape index (κ3) is 6.19. The fourth-order valence-corrected chi connectivity index (χ4v) is 5.05. The summed E-state index contributed by atoms with van der Waals surface area (Å²) in [5, 5.41) is 11.6. The molecule has 0 spiro atoms. The minimum absolute atomic E-state index is 0.0833. The lowest BCUT2D eigenvalue weighted by atomic mass is 10.1. The molecular weight excluding hydrogens is 498 g/mol. The molecule has 0 saturated heterocycles. The maximum Gasteiger partial charge on any atom is 0.198 e. The molecule has 0 unspecified atom stereocenters. The van der Waals surface area contributed by atoms with Gasteiger partial charge in [-0.25, -0.2) is 0 Å². The lowest BCUT2D eigenvalue weighted by Gasteiger charge is -2.23. The van der Waals surface area contributed by atoms with Crippen LogP contribution >= 0.6 is 0 Å². The Hall–Kier alpha value is -4.55. The van der Waals surface area contributed by atoms with Crippen molar-refractivity contribution in [1.29, 1.82) is 0 Å². The topological polar surface area (TPSA) is 70.1 Å². The smallest absolute Gasteiger partial charge is 0.198 e. The van der Waals surface area contributed by atoms with Crippen molar-refractivity contribution >= 4 is 22.3 Å². The molecule has 2 N–H and O–H groups in total. The molecule has 6 heteroatoms. The number of rotatable bonds is 11. The standard InChI is InChI=1S/C34H35N3O3/c1-4-29(33-28-19-31(39-2)32(40-3)20-30(28)36-34(33)38)35-27-17-15-26(16-18-27)23-37(21-24-11-7-5-8-12-24)22-25-13-9-6-10-14-25/h5-20,36,38H,4,21-23H2,1-3H3. The van der Waals surface area contributed by atoms with E-state index in [4.69, 9.17) is 14.5 Å². The zero-order valence-corrected chi connectivity index (χ0v) is 23.2. The molecule has 204 valence electrons. The fraction of sp³-hybridized carbons (Fsp3) is 0.206. The summed E-state index contributed by atoms with van der Waals surface area (Å²) in [4.78, 5) is 10.4. The van der Waals surface area contributed by atoms with Gasteiger partial charge in [-0.15, -0.1) is 0 Å². The van der Waals surface area contributed by atoms with E-state index in [0.717, 1.165) is 41.9 Å². The number of hydrogen-bond donors (Lipinski definition) is 2. The first-order valence-electron chi connectivity index (χ1n) is 13.5. The lowest BCUT2D eigenvalue weighted by molar-refractivity contribution is 0.248. The maximum absolute atomic E-state index is 10.8. The van der Waals surface area contributed by atoms with Gasteiger partial charge in [0.05, 0.1) is 36.7 Å². The van der Waals surface area contributed by atoms with E-state index < -0.39 is 0 Å². The molecule has 0 atom stereocenters. The van der Waals surface area contributed by atoms with Gasteiger partial charge in [0.15, 0.2) is 17.4 Å². The van der Waals surface area contributed by atoms with Gasteiger partial charge in [-0.3, -0.25) is 9.89 Å². The molecule has 0 aliphatic heterocycles. The number of aromatic hydroxyl groups is 1. The Kier molecular flexibility index (Phi) is 8.47. The van der Waals surface area contributed by atoms with E-state index in [1.54, 1.807) is 14.2 Å². The predicted molar refractivity (Wildman–Crippen MR) is 162 cm³/mol. The van der Waals surface area contributed by atoms with E-state index in [0.29, 0.717) is 23.5 Å². The van der Waals surface area contributed by atoms with Gasteiger partial charge in [-0.05, 0) is 41.3 Å². The number of H-pyrrole nitrogens is 1. The Morgan fingerprint density at radius 2 is 1.27 bits per heavy atom. The van der Waals surface area contributed by atoms with Crippen molar-refractivity contribution in [2.24, 2.45) is 4.99 Å². The number of aromatic amines is 1. The van der Waals surface area contributed by atoms with E-state index in [1.807, 2.05) is 31.2 Å². The Morgan fingerprint density at radius 3 is 1.80 bits per heavy atom. The second-order valence-electron chi connectivity index (χ2n) is 9.80. The average molecular weight is 534 g/mol. The van der Waals surface area contributed by atoms with Gasteiger partial charge in [0.25, 0.3) is 0 Å². The highest BCUT2D eigenvalue weighted by Gasteiger charge is 2.19. The van der Waals surface area contributed by atoms with Crippen LogP contribution in [0.3, 0.4) is 0 Å².